The molecule has 0 unspecified atom stereocenters. The topological polar surface area (TPSA) is 73.8 Å². The second kappa shape index (κ2) is 12.3. The van der Waals surface area contributed by atoms with Crippen molar-refractivity contribution in [3.63, 3.8) is 0 Å². The van der Waals surface area contributed by atoms with E-state index < -0.39 is 9.84 Å². The van der Waals surface area contributed by atoms with Gasteiger partial charge < -0.3 is 10.6 Å². The smallest absolute Gasteiger partial charge is 0.191 e. The zero-order valence-electron chi connectivity index (χ0n) is 14.7. The fraction of sp³-hybridized carbons (Fsp3) is 0.929. The first-order chi connectivity index (χ1) is 9.67. The van der Waals surface area contributed by atoms with Crippen LogP contribution in [0.25, 0.3) is 0 Å². The highest BCUT2D eigenvalue weighted by atomic mass is 127. The summed E-state index contributed by atoms with van der Waals surface area (Å²) in [7, 11) is -1.25. The molecule has 8 heteroatoms. The first-order valence-corrected chi connectivity index (χ1v) is 9.61. The SMILES string of the molecule is CN=C(NCCCN(C(C)C)C(C)C)NCCS(C)(=O)=O.I. The third kappa shape index (κ3) is 12.5. The van der Waals surface area contributed by atoms with Crippen LogP contribution in [0, 0.1) is 0 Å². The van der Waals surface area contributed by atoms with E-state index in [9.17, 15) is 8.42 Å². The van der Waals surface area contributed by atoms with E-state index in [1.807, 2.05) is 0 Å². The molecule has 0 spiro atoms. The fourth-order valence-electron chi connectivity index (χ4n) is 2.16. The van der Waals surface area contributed by atoms with Gasteiger partial charge in [-0.15, -0.1) is 24.0 Å². The molecule has 0 heterocycles. The molecule has 0 aromatic heterocycles. The lowest BCUT2D eigenvalue weighted by atomic mass is 10.2. The van der Waals surface area contributed by atoms with E-state index in [1.165, 1.54) is 6.26 Å². The van der Waals surface area contributed by atoms with Gasteiger partial charge in [0, 0.05) is 45.0 Å². The zero-order valence-corrected chi connectivity index (χ0v) is 17.9. The van der Waals surface area contributed by atoms with Crippen LogP contribution in [0.4, 0.5) is 0 Å². The van der Waals surface area contributed by atoms with Gasteiger partial charge in [0.25, 0.3) is 0 Å². The average Bonchev–Trinajstić information content (AvgIpc) is 2.33. The Balaban J connectivity index is 0. The summed E-state index contributed by atoms with van der Waals surface area (Å²) in [5, 5.41) is 6.21. The average molecular weight is 448 g/mol. The van der Waals surface area contributed by atoms with Gasteiger partial charge in [-0.1, -0.05) is 0 Å². The minimum atomic E-state index is -2.94. The number of hydrogen-bond donors (Lipinski definition) is 2. The number of guanidine groups is 1. The number of aliphatic imine (C=N–C) groups is 1. The number of nitrogens with zero attached hydrogens (tertiary/aromatic N) is 2. The lowest BCUT2D eigenvalue weighted by Gasteiger charge is -2.30. The highest BCUT2D eigenvalue weighted by molar-refractivity contribution is 14.0. The molecule has 0 bridgehead atoms. The summed E-state index contributed by atoms with van der Waals surface area (Å²) in [5.74, 6) is 0.765. The predicted molar refractivity (Wildman–Crippen MR) is 106 cm³/mol. The van der Waals surface area contributed by atoms with Crippen molar-refractivity contribution in [3.8, 4) is 0 Å². The van der Waals surface area contributed by atoms with Crippen LogP contribution in [-0.2, 0) is 9.84 Å². The van der Waals surface area contributed by atoms with Crippen molar-refractivity contribution < 1.29 is 8.42 Å². The van der Waals surface area contributed by atoms with Gasteiger partial charge in [0.1, 0.15) is 9.84 Å². The molecule has 0 radical (unpaired) electrons. The lowest BCUT2D eigenvalue weighted by molar-refractivity contribution is 0.173. The molecule has 2 N–H and O–H groups in total. The third-order valence-electron chi connectivity index (χ3n) is 3.20. The predicted octanol–water partition coefficient (Wildman–Crippen LogP) is 1.32. The Kier molecular flexibility index (Phi) is 13.6. The summed E-state index contributed by atoms with van der Waals surface area (Å²) in [6, 6.07) is 1.08. The number of nitrogens with one attached hydrogen (secondary N) is 2. The monoisotopic (exact) mass is 448 g/mol. The molecule has 134 valence electrons. The second-order valence-corrected chi connectivity index (χ2v) is 8.09. The largest absolute Gasteiger partial charge is 0.356 e. The maximum absolute atomic E-state index is 11.1. The summed E-state index contributed by atoms with van der Waals surface area (Å²) >= 11 is 0. The third-order valence-corrected chi connectivity index (χ3v) is 4.15. The molecular weight excluding hydrogens is 415 g/mol. The van der Waals surface area contributed by atoms with E-state index >= 15 is 0 Å². The Hall–Kier alpha value is -0.0900. The Morgan fingerprint density at radius 1 is 1.09 bits per heavy atom. The van der Waals surface area contributed by atoms with Gasteiger partial charge in [0.15, 0.2) is 5.96 Å². The summed E-state index contributed by atoms with van der Waals surface area (Å²) in [6.45, 7) is 11.1. The molecular formula is C14H33IN4O2S. The van der Waals surface area contributed by atoms with Crippen molar-refractivity contribution >= 4 is 39.8 Å². The van der Waals surface area contributed by atoms with Crippen molar-refractivity contribution in [2.45, 2.75) is 46.2 Å². The molecule has 0 aliphatic rings. The van der Waals surface area contributed by atoms with E-state index in [0.29, 0.717) is 24.6 Å². The van der Waals surface area contributed by atoms with Crippen LogP contribution in [-0.4, -0.2) is 70.1 Å². The quantitative estimate of drug-likeness (QED) is 0.241. The molecule has 0 saturated carbocycles. The van der Waals surface area contributed by atoms with Crippen LogP contribution in [0.1, 0.15) is 34.1 Å². The van der Waals surface area contributed by atoms with Crippen molar-refractivity contribution in [1.82, 2.24) is 15.5 Å². The standard InChI is InChI=1S/C14H32N4O2S.HI/c1-12(2)18(13(3)4)10-7-8-16-14(15-5)17-9-11-21(6,19)20;/h12-13H,7-11H2,1-6H3,(H2,15,16,17);1H. The van der Waals surface area contributed by atoms with E-state index in [2.05, 4.69) is 48.2 Å². The van der Waals surface area contributed by atoms with Gasteiger partial charge in [-0.25, -0.2) is 8.42 Å². The van der Waals surface area contributed by atoms with Crippen LogP contribution >= 0.6 is 24.0 Å². The Morgan fingerprint density at radius 2 is 1.59 bits per heavy atom. The molecule has 0 aliphatic carbocycles. The highest BCUT2D eigenvalue weighted by Crippen LogP contribution is 2.05. The molecule has 0 aromatic rings. The van der Waals surface area contributed by atoms with Crippen molar-refractivity contribution in [1.29, 1.82) is 0 Å². The molecule has 0 rings (SSSR count). The highest BCUT2D eigenvalue weighted by Gasteiger charge is 2.12. The normalized spacial score (nSPS) is 12.7. The minimum Gasteiger partial charge on any atom is -0.356 e. The molecule has 0 fully saturated rings. The molecule has 0 aromatic carbocycles. The lowest BCUT2D eigenvalue weighted by Crippen LogP contribution is -2.42. The molecule has 0 atom stereocenters. The van der Waals surface area contributed by atoms with Crippen molar-refractivity contribution in [2.24, 2.45) is 4.99 Å². The minimum absolute atomic E-state index is 0. The van der Waals surface area contributed by atoms with Crippen LogP contribution in [0.5, 0.6) is 0 Å². The van der Waals surface area contributed by atoms with Crippen molar-refractivity contribution in [3.05, 3.63) is 0 Å². The number of halogens is 1. The summed E-state index contributed by atoms with van der Waals surface area (Å²) < 4.78 is 22.1. The number of sulfone groups is 1. The van der Waals surface area contributed by atoms with Crippen LogP contribution < -0.4 is 10.6 Å². The van der Waals surface area contributed by atoms with Crippen molar-refractivity contribution in [2.75, 3.05) is 38.7 Å². The molecule has 0 saturated heterocycles. The Bertz CT molecular complexity index is 403. The first kappa shape index (κ1) is 24.2. The van der Waals surface area contributed by atoms with Gasteiger partial charge >= 0.3 is 0 Å². The Morgan fingerprint density at radius 3 is 2.00 bits per heavy atom. The molecule has 0 amide bonds. The first-order valence-electron chi connectivity index (χ1n) is 7.55. The van der Waals surface area contributed by atoms with Crippen LogP contribution in [0.15, 0.2) is 4.99 Å². The zero-order chi connectivity index (χ0) is 16.5. The summed E-state index contributed by atoms with van der Waals surface area (Å²) in [4.78, 5) is 6.53. The van der Waals surface area contributed by atoms with E-state index in [0.717, 1.165) is 19.5 Å². The van der Waals surface area contributed by atoms with Gasteiger partial charge in [0.05, 0.1) is 5.75 Å². The number of hydrogen-bond acceptors (Lipinski definition) is 4. The van der Waals surface area contributed by atoms with E-state index in [1.54, 1.807) is 7.05 Å². The summed E-state index contributed by atoms with van der Waals surface area (Å²) in [5.41, 5.74) is 0. The maximum Gasteiger partial charge on any atom is 0.191 e. The van der Waals surface area contributed by atoms with Crippen LogP contribution in [0.3, 0.4) is 0 Å². The fourth-order valence-corrected chi connectivity index (χ4v) is 2.63. The van der Waals surface area contributed by atoms with Gasteiger partial charge in [0.2, 0.25) is 0 Å². The van der Waals surface area contributed by atoms with Gasteiger partial charge in [-0.3, -0.25) is 9.89 Å². The second-order valence-electron chi connectivity index (χ2n) is 5.83. The van der Waals surface area contributed by atoms with Crippen LogP contribution in [0.2, 0.25) is 0 Å². The summed E-state index contributed by atoms with van der Waals surface area (Å²) in [6.07, 6.45) is 2.25. The van der Waals surface area contributed by atoms with Gasteiger partial charge in [-0.05, 0) is 34.1 Å². The van der Waals surface area contributed by atoms with E-state index in [4.69, 9.17) is 0 Å². The maximum atomic E-state index is 11.1. The number of rotatable bonds is 9. The molecule has 22 heavy (non-hydrogen) atoms. The molecule has 0 aliphatic heterocycles. The Labute approximate surface area is 153 Å². The van der Waals surface area contributed by atoms with Gasteiger partial charge in [-0.2, -0.15) is 0 Å². The van der Waals surface area contributed by atoms with E-state index in [-0.39, 0.29) is 29.7 Å². The molecule has 6 nitrogen and oxygen atoms in total.